The molecule has 1 N–H and O–H groups in total. The Morgan fingerprint density at radius 3 is 2.43 bits per heavy atom. The third-order valence-electron chi connectivity index (χ3n) is 2.85. The number of hydrogen-bond donors (Lipinski definition) is 1. The highest BCUT2D eigenvalue weighted by atomic mass is 79.9. The van der Waals surface area contributed by atoms with E-state index in [0.29, 0.717) is 15.9 Å². The molecule has 0 spiro atoms. The van der Waals surface area contributed by atoms with Crippen LogP contribution >= 0.6 is 31.9 Å². The van der Waals surface area contributed by atoms with Crippen LogP contribution in [0.1, 0.15) is 5.56 Å². The Balaban J connectivity index is 2.50. The van der Waals surface area contributed by atoms with Crippen molar-refractivity contribution in [2.24, 2.45) is 0 Å². The Morgan fingerprint density at radius 2 is 1.81 bits per heavy atom. The van der Waals surface area contributed by atoms with E-state index in [4.69, 9.17) is 4.74 Å². The van der Waals surface area contributed by atoms with Gasteiger partial charge in [0.05, 0.1) is 12.8 Å². The molecule has 112 valence electrons. The molecule has 0 radical (unpaired) electrons. The molecule has 0 atom stereocenters. The second kappa shape index (κ2) is 6.37. The Labute approximate surface area is 140 Å². The number of sulfonamides is 1. The lowest BCUT2D eigenvalue weighted by molar-refractivity contribution is 0.416. The molecule has 0 saturated carbocycles. The van der Waals surface area contributed by atoms with Crippen molar-refractivity contribution in [3.05, 3.63) is 50.9 Å². The molecule has 0 aliphatic carbocycles. The average Bonchev–Trinajstić information content (AvgIpc) is 2.41. The zero-order valence-corrected chi connectivity index (χ0v) is 15.3. The molecule has 0 amide bonds. The fourth-order valence-corrected chi connectivity index (χ4v) is 4.55. The van der Waals surface area contributed by atoms with Crippen molar-refractivity contribution in [1.29, 1.82) is 0 Å². The quantitative estimate of drug-likeness (QED) is 0.778. The maximum absolute atomic E-state index is 12.5. The molecule has 21 heavy (non-hydrogen) atoms. The molecule has 0 fully saturated rings. The van der Waals surface area contributed by atoms with Gasteiger partial charge in [-0.25, -0.2) is 8.42 Å². The molecule has 0 saturated heterocycles. The van der Waals surface area contributed by atoms with Crippen LogP contribution in [0.15, 0.2) is 50.2 Å². The highest BCUT2D eigenvalue weighted by Crippen LogP contribution is 2.34. The molecule has 0 bridgehead atoms. The van der Waals surface area contributed by atoms with Crippen molar-refractivity contribution < 1.29 is 13.2 Å². The van der Waals surface area contributed by atoms with Crippen molar-refractivity contribution in [2.45, 2.75) is 11.8 Å². The monoisotopic (exact) mass is 433 g/mol. The summed E-state index contributed by atoms with van der Waals surface area (Å²) < 4.78 is 34.2. The van der Waals surface area contributed by atoms with Crippen molar-refractivity contribution in [3.63, 3.8) is 0 Å². The fourth-order valence-electron chi connectivity index (χ4n) is 1.86. The predicted molar refractivity (Wildman–Crippen MR) is 90.4 cm³/mol. The lowest BCUT2D eigenvalue weighted by atomic mass is 10.2. The summed E-state index contributed by atoms with van der Waals surface area (Å²) in [6, 6.07) is 10.2. The molecular formula is C14H13Br2NO3S. The molecule has 2 aromatic carbocycles. The molecule has 0 unspecified atom stereocenters. The van der Waals surface area contributed by atoms with Gasteiger partial charge in [0.25, 0.3) is 10.0 Å². The van der Waals surface area contributed by atoms with Gasteiger partial charge in [-0.05, 0) is 52.7 Å². The standard InChI is InChI=1S/C14H13Br2NO3S/c1-9-7-10(15)8-12(20-2)14(9)17-21(18,19)13-6-4-3-5-11(13)16/h3-8,17H,1-2H3. The normalized spacial score (nSPS) is 11.2. The van der Waals surface area contributed by atoms with E-state index in [0.717, 1.165) is 10.0 Å². The molecule has 7 heteroatoms. The van der Waals surface area contributed by atoms with Crippen LogP contribution in [0, 0.1) is 6.92 Å². The summed E-state index contributed by atoms with van der Waals surface area (Å²) in [5, 5.41) is 0. The van der Waals surface area contributed by atoms with Crippen LogP contribution in [-0.2, 0) is 10.0 Å². The van der Waals surface area contributed by atoms with E-state index >= 15 is 0 Å². The van der Waals surface area contributed by atoms with Crippen LogP contribution in [0.3, 0.4) is 0 Å². The van der Waals surface area contributed by atoms with Crippen molar-refractivity contribution in [1.82, 2.24) is 0 Å². The van der Waals surface area contributed by atoms with Crippen molar-refractivity contribution >= 4 is 47.6 Å². The van der Waals surface area contributed by atoms with Crippen LogP contribution in [0.5, 0.6) is 5.75 Å². The zero-order chi connectivity index (χ0) is 15.6. The number of halogens is 2. The van der Waals surface area contributed by atoms with E-state index in [1.54, 1.807) is 24.3 Å². The molecule has 0 heterocycles. The molecule has 4 nitrogen and oxygen atoms in total. The smallest absolute Gasteiger partial charge is 0.263 e. The summed E-state index contributed by atoms with van der Waals surface area (Å²) in [5.74, 6) is 0.456. The first-order chi connectivity index (χ1) is 9.85. The zero-order valence-electron chi connectivity index (χ0n) is 11.4. The molecule has 0 aromatic heterocycles. The first-order valence-corrected chi connectivity index (χ1v) is 9.03. The minimum absolute atomic E-state index is 0.175. The number of rotatable bonds is 4. The van der Waals surface area contributed by atoms with E-state index in [-0.39, 0.29) is 4.90 Å². The van der Waals surface area contributed by atoms with Gasteiger partial charge in [-0.2, -0.15) is 0 Å². The van der Waals surface area contributed by atoms with E-state index in [1.807, 2.05) is 13.0 Å². The molecular weight excluding hydrogens is 422 g/mol. The molecule has 2 aromatic rings. The highest BCUT2D eigenvalue weighted by Gasteiger charge is 2.20. The summed E-state index contributed by atoms with van der Waals surface area (Å²) in [5.41, 5.74) is 1.19. The Kier molecular flexibility index (Phi) is 4.95. The molecule has 2 rings (SSSR count). The van der Waals surface area contributed by atoms with Gasteiger partial charge in [-0.15, -0.1) is 0 Å². The van der Waals surface area contributed by atoms with Crippen molar-refractivity contribution in [2.75, 3.05) is 11.8 Å². The van der Waals surface area contributed by atoms with Crippen LogP contribution < -0.4 is 9.46 Å². The summed E-state index contributed by atoms with van der Waals surface area (Å²) in [7, 11) is -2.21. The number of nitrogens with one attached hydrogen (secondary N) is 1. The average molecular weight is 435 g/mol. The number of methoxy groups -OCH3 is 1. The van der Waals surface area contributed by atoms with Gasteiger partial charge in [0.1, 0.15) is 10.6 Å². The number of ether oxygens (including phenoxy) is 1. The van der Waals surface area contributed by atoms with Gasteiger partial charge in [0.15, 0.2) is 0 Å². The first-order valence-electron chi connectivity index (χ1n) is 5.96. The third-order valence-corrected chi connectivity index (χ3v) is 5.67. The van der Waals surface area contributed by atoms with E-state index in [9.17, 15) is 8.42 Å². The summed E-state index contributed by atoms with van der Waals surface area (Å²) >= 11 is 6.61. The SMILES string of the molecule is COc1cc(Br)cc(C)c1NS(=O)(=O)c1ccccc1Br. The Bertz CT molecular complexity index is 776. The number of aryl methyl sites for hydroxylation is 1. The summed E-state index contributed by atoms with van der Waals surface area (Å²) in [6.45, 7) is 1.81. The number of benzene rings is 2. The van der Waals surface area contributed by atoms with Gasteiger partial charge < -0.3 is 4.74 Å². The van der Waals surface area contributed by atoms with Gasteiger partial charge in [0, 0.05) is 8.95 Å². The van der Waals surface area contributed by atoms with Crippen LogP contribution in [0.4, 0.5) is 5.69 Å². The Hall–Kier alpha value is -1.05. The van der Waals surface area contributed by atoms with E-state index in [1.165, 1.54) is 13.2 Å². The van der Waals surface area contributed by atoms with Crippen LogP contribution in [0.2, 0.25) is 0 Å². The maximum atomic E-state index is 12.5. The maximum Gasteiger partial charge on any atom is 0.263 e. The van der Waals surface area contributed by atoms with E-state index < -0.39 is 10.0 Å². The molecule has 0 aliphatic rings. The molecule has 0 aliphatic heterocycles. The first kappa shape index (κ1) is 16.3. The van der Waals surface area contributed by atoms with Crippen molar-refractivity contribution in [3.8, 4) is 5.75 Å². The van der Waals surface area contributed by atoms with Gasteiger partial charge in [-0.1, -0.05) is 28.1 Å². The predicted octanol–water partition coefficient (Wildman–Crippen LogP) is 4.33. The summed E-state index contributed by atoms with van der Waals surface area (Å²) in [4.78, 5) is 0.175. The van der Waals surface area contributed by atoms with E-state index in [2.05, 4.69) is 36.6 Å². The fraction of sp³-hybridized carbons (Fsp3) is 0.143. The summed E-state index contributed by atoms with van der Waals surface area (Å²) in [6.07, 6.45) is 0. The lowest BCUT2D eigenvalue weighted by Gasteiger charge is -2.15. The largest absolute Gasteiger partial charge is 0.495 e. The third kappa shape index (κ3) is 3.59. The van der Waals surface area contributed by atoms with Crippen LogP contribution in [-0.4, -0.2) is 15.5 Å². The minimum atomic E-state index is -3.70. The van der Waals surface area contributed by atoms with Gasteiger partial charge >= 0.3 is 0 Å². The second-order valence-corrected chi connectivity index (χ2v) is 7.76. The second-order valence-electron chi connectivity index (χ2n) is 4.34. The van der Waals surface area contributed by atoms with Crippen LogP contribution in [0.25, 0.3) is 0 Å². The highest BCUT2D eigenvalue weighted by molar-refractivity contribution is 9.10. The number of anilines is 1. The van der Waals surface area contributed by atoms with Gasteiger partial charge in [-0.3, -0.25) is 4.72 Å². The Morgan fingerprint density at radius 1 is 1.14 bits per heavy atom. The van der Waals surface area contributed by atoms with Gasteiger partial charge in [0.2, 0.25) is 0 Å². The minimum Gasteiger partial charge on any atom is -0.495 e. The lowest BCUT2D eigenvalue weighted by Crippen LogP contribution is -2.15. The number of hydrogen-bond acceptors (Lipinski definition) is 3. The topological polar surface area (TPSA) is 55.4 Å².